The van der Waals surface area contributed by atoms with Crippen LogP contribution in [0.2, 0.25) is 0 Å². The van der Waals surface area contributed by atoms with E-state index in [-0.39, 0.29) is 32.7 Å². The summed E-state index contributed by atoms with van der Waals surface area (Å²) in [6.07, 6.45) is 5.16. The number of benzene rings is 1. The molecule has 0 saturated heterocycles. The Bertz CT molecular complexity index is 356. The molecule has 0 unspecified atom stereocenters. The molecule has 0 fully saturated rings. The topological polar surface area (TPSA) is 37.3 Å². The Labute approximate surface area is 108 Å². The molecule has 14 heavy (non-hydrogen) atoms. The summed E-state index contributed by atoms with van der Waals surface area (Å²) in [6, 6.07) is 8.35. The summed E-state index contributed by atoms with van der Waals surface area (Å²) in [5, 5.41) is 8.32. The van der Waals surface area contributed by atoms with Crippen molar-refractivity contribution in [2.24, 2.45) is 0 Å². The van der Waals surface area contributed by atoms with Crippen LogP contribution in [0.15, 0.2) is 24.8 Å². The standard InChI is InChI=1S/C11H8O2.Y/c1-2-9-4-3-5-10(8-9)6-7-11(12)13;/h2-6H,1H2,(H,12,13);/q-2;. The Balaban J connectivity index is 0.00000169. The van der Waals surface area contributed by atoms with Crippen molar-refractivity contribution >= 4 is 18.1 Å². The van der Waals surface area contributed by atoms with E-state index in [9.17, 15) is 4.79 Å². The number of hydrogen-bond acceptors (Lipinski definition) is 1. The van der Waals surface area contributed by atoms with Gasteiger partial charge in [0.25, 0.3) is 0 Å². The maximum absolute atomic E-state index is 10.2. The zero-order valence-corrected chi connectivity index (χ0v) is 10.4. The minimum atomic E-state index is -1.09. The molecule has 0 aliphatic carbocycles. The summed E-state index contributed by atoms with van der Waals surface area (Å²) < 4.78 is 0. The molecule has 0 spiro atoms. The van der Waals surface area contributed by atoms with Crippen molar-refractivity contribution in [1.29, 1.82) is 0 Å². The van der Waals surface area contributed by atoms with E-state index in [1.807, 2.05) is 12.1 Å². The molecule has 0 atom stereocenters. The van der Waals surface area contributed by atoms with E-state index in [4.69, 9.17) is 5.11 Å². The van der Waals surface area contributed by atoms with Crippen LogP contribution in [0.1, 0.15) is 11.1 Å². The summed E-state index contributed by atoms with van der Waals surface area (Å²) in [5.74, 6) is -1.09. The van der Waals surface area contributed by atoms with Gasteiger partial charge in [-0.25, -0.2) is 18.2 Å². The zero-order valence-electron chi connectivity index (χ0n) is 7.53. The van der Waals surface area contributed by atoms with Crippen LogP contribution in [-0.2, 0) is 37.5 Å². The third-order valence-corrected chi connectivity index (χ3v) is 1.41. The third kappa shape index (κ3) is 4.49. The second kappa shape index (κ2) is 6.69. The van der Waals surface area contributed by atoms with Gasteiger partial charge in [0, 0.05) is 32.7 Å². The summed E-state index contributed by atoms with van der Waals surface area (Å²) >= 11 is 0. The molecule has 0 bridgehead atoms. The Morgan fingerprint density at radius 3 is 2.71 bits per heavy atom. The SMILES string of the molecule is C=Cc1[c-]c(C=[C-]C(=O)O)ccc1.[Y]. The molecule has 0 saturated carbocycles. The van der Waals surface area contributed by atoms with Crippen LogP contribution in [0.3, 0.4) is 0 Å². The fraction of sp³-hybridized carbons (Fsp3) is 0. The first-order valence-corrected chi connectivity index (χ1v) is 3.70. The van der Waals surface area contributed by atoms with Gasteiger partial charge in [0.2, 0.25) is 5.97 Å². The molecule has 1 radical (unpaired) electrons. The fourth-order valence-corrected chi connectivity index (χ4v) is 0.848. The number of carboxylic acid groups (broad SMARTS) is 1. The average Bonchev–Trinajstić information content (AvgIpc) is 2.15. The van der Waals surface area contributed by atoms with E-state index >= 15 is 0 Å². The van der Waals surface area contributed by atoms with Gasteiger partial charge in [-0.3, -0.25) is 16.4 Å². The van der Waals surface area contributed by atoms with Crippen molar-refractivity contribution < 1.29 is 42.6 Å². The molecule has 0 aromatic heterocycles. The van der Waals surface area contributed by atoms with E-state index < -0.39 is 5.97 Å². The average molecular weight is 261 g/mol. The first-order chi connectivity index (χ1) is 6.22. The molecule has 0 aliphatic rings. The van der Waals surface area contributed by atoms with E-state index in [1.54, 1.807) is 12.1 Å². The van der Waals surface area contributed by atoms with Crippen LogP contribution in [-0.4, -0.2) is 11.1 Å². The van der Waals surface area contributed by atoms with Crippen LogP contribution < -0.4 is 0 Å². The molecule has 0 amide bonds. The van der Waals surface area contributed by atoms with Crippen LogP contribution in [0, 0.1) is 12.1 Å². The molecule has 0 aliphatic heterocycles. The van der Waals surface area contributed by atoms with Gasteiger partial charge in [-0.05, 0) is 0 Å². The van der Waals surface area contributed by atoms with Crippen molar-refractivity contribution in [3.8, 4) is 0 Å². The second-order valence-corrected chi connectivity index (χ2v) is 2.36. The number of carbonyl (C=O) groups is 1. The molecular formula is C11H8O2Y-2. The van der Waals surface area contributed by atoms with Gasteiger partial charge in [0.05, 0.1) is 0 Å². The molecule has 0 heterocycles. The van der Waals surface area contributed by atoms with Crippen molar-refractivity contribution in [3.63, 3.8) is 0 Å². The molecule has 1 aromatic carbocycles. The van der Waals surface area contributed by atoms with Crippen molar-refractivity contribution in [1.82, 2.24) is 0 Å². The van der Waals surface area contributed by atoms with Gasteiger partial charge in [-0.15, -0.1) is 30.4 Å². The molecule has 1 N–H and O–H groups in total. The summed E-state index contributed by atoms with van der Waals surface area (Å²) in [4.78, 5) is 10.2. The van der Waals surface area contributed by atoms with Crippen molar-refractivity contribution in [3.05, 3.63) is 48.0 Å². The monoisotopic (exact) mass is 261 g/mol. The Morgan fingerprint density at radius 2 is 2.14 bits per heavy atom. The predicted molar refractivity (Wildman–Crippen MR) is 50.7 cm³/mol. The van der Waals surface area contributed by atoms with Crippen LogP contribution in [0.4, 0.5) is 0 Å². The van der Waals surface area contributed by atoms with Gasteiger partial charge in [-0.1, -0.05) is 0 Å². The maximum Gasteiger partial charge on any atom is 0.227 e. The van der Waals surface area contributed by atoms with Gasteiger partial charge in [0.1, 0.15) is 0 Å². The van der Waals surface area contributed by atoms with E-state index in [0.717, 1.165) is 5.56 Å². The Morgan fingerprint density at radius 1 is 1.50 bits per heavy atom. The minimum Gasteiger partial charge on any atom is -0.493 e. The fourth-order valence-electron chi connectivity index (χ4n) is 0.848. The van der Waals surface area contributed by atoms with Gasteiger partial charge >= 0.3 is 0 Å². The minimum absolute atomic E-state index is 0. The largest absolute Gasteiger partial charge is 0.493 e. The predicted octanol–water partition coefficient (Wildman–Crippen LogP) is 2.03. The second-order valence-electron chi connectivity index (χ2n) is 2.36. The number of aliphatic carboxylic acids is 1. The third-order valence-electron chi connectivity index (χ3n) is 1.41. The maximum atomic E-state index is 10.2. The summed E-state index contributed by atoms with van der Waals surface area (Å²) in [6.45, 7) is 3.59. The van der Waals surface area contributed by atoms with E-state index in [0.29, 0.717) is 5.56 Å². The van der Waals surface area contributed by atoms with Gasteiger partial charge < -0.3 is 5.11 Å². The first-order valence-electron chi connectivity index (χ1n) is 3.70. The zero-order chi connectivity index (χ0) is 9.68. The quantitative estimate of drug-likeness (QED) is 0.667. The van der Waals surface area contributed by atoms with Crippen LogP contribution >= 0.6 is 0 Å². The van der Waals surface area contributed by atoms with Gasteiger partial charge in [-0.2, -0.15) is 0 Å². The summed E-state index contributed by atoms with van der Waals surface area (Å²) in [7, 11) is 0. The Kier molecular flexibility index (Phi) is 6.34. The number of carboxylic acids is 1. The smallest absolute Gasteiger partial charge is 0.227 e. The number of rotatable bonds is 3. The molecular weight excluding hydrogens is 253 g/mol. The van der Waals surface area contributed by atoms with Gasteiger partial charge in [0.15, 0.2) is 0 Å². The molecule has 1 aromatic rings. The van der Waals surface area contributed by atoms with E-state index in [2.05, 4.69) is 18.7 Å². The summed E-state index contributed by atoms with van der Waals surface area (Å²) in [5.41, 5.74) is 1.51. The first kappa shape index (κ1) is 13.3. The van der Waals surface area contributed by atoms with Crippen molar-refractivity contribution in [2.45, 2.75) is 0 Å². The molecule has 2 nitrogen and oxygen atoms in total. The molecule has 69 valence electrons. The van der Waals surface area contributed by atoms with E-state index in [1.165, 1.54) is 6.08 Å². The molecule has 3 heteroatoms. The molecule has 1 rings (SSSR count). The van der Waals surface area contributed by atoms with Crippen LogP contribution in [0.25, 0.3) is 12.2 Å². The number of hydrogen-bond donors (Lipinski definition) is 1. The van der Waals surface area contributed by atoms with Crippen LogP contribution in [0.5, 0.6) is 0 Å². The Hall–Kier alpha value is -0.726. The van der Waals surface area contributed by atoms with Crippen molar-refractivity contribution in [2.75, 3.05) is 0 Å². The normalized spacial score (nSPS) is 9.43.